The molecule has 0 radical (unpaired) electrons. The van der Waals surface area contributed by atoms with Gasteiger partial charge in [-0.05, 0) is 42.5 Å². The molecule has 1 aliphatic carbocycles. The van der Waals surface area contributed by atoms with Crippen LogP contribution in [0.3, 0.4) is 0 Å². The van der Waals surface area contributed by atoms with Crippen LogP contribution >= 0.6 is 0 Å². The lowest BCUT2D eigenvalue weighted by Crippen LogP contribution is -2.10. The lowest BCUT2D eigenvalue weighted by atomic mass is 9.83. The highest BCUT2D eigenvalue weighted by molar-refractivity contribution is 5.64. The Morgan fingerprint density at radius 2 is 2.36 bits per heavy atom. The molecule has 0 spiro atoms. The van der Waals surface area contributed by atoms with E-state index in [1.807, 2.05) is 12.1 Å². The summed E-state index contributed by atoms with van der Waals surface area (Å²) in [5.41, 5.74) is 2.98. The van der Waals surface area contributed by atoms with Crippen molar-refractivity contribution in [2.24, 2.45) is 0 Å². The zero-order chi connectivity index (χ0) is 9.97. The van der Waals surface area contributed by atoms with E-state index in [-0.39, 0.29) is 5.92 Å². The second-order valence-corrected chi connectivity index (χ2v) is 3.66. The van der Waals surface area contributed by atoms with Gasteiger partial charge in [-0.1, -0.05) is 6.07 Å². The summed E-state index contributed by atoms with van der Waals surface area (Å²) in [7, 11) is 0. The van der Waals surface area contributed by atoms with Gasteiger partial charge in [-0.15, -0.1) is 0 Å². The Hall–Kier alpha value is -1.62. The maximum atomic E-state index is 10.8. The number of aldehydes is 1. The normalized spacial score (nSPS) is 19.5. The SMILES string of the molecule is N#Cc1ccc2c(c1)CCC[C@H]2C=O. The third-order valence-corrected chi connectivity index (χ3v) is 2.80. The minimum Gasteiger partial charge on any atom is -0.303 e. The highest BCUT2D eigenvalue weighted by Gasteiger charge is 2.19. The van der Waals surface area contributed by atoms with Gasteiger partial charge in [-0.25, -0.2) is 0 Å². The summed E-state index contributed by atoms with van der Waals surface area (Å²) in [5, 5.41) is 8.74. The number of benzene rings is 1. The van der Waals surface area contributed by atoms with Crippen molar-refractivity contribution in [2.75, 3.05) is 0 Å². The Morgan fingerprint density at radius 3 is 3.07 bits per heavy atom. The maximum absolute atomic E-state index is 10.8. The molecule has 1 aromatic carbocycles. The highest BCUT2D eigenvalue weighted by atomic mass is 16.1. The molecule has 0 N–H and O–H groups in total. The van der Waals surface area contributed by atoms with Crippen LogP contribution in [-0.4, -0.2) is 6.29 Å². The van der Waals surface area contributed by atoms with Crippen molar-refractivity contribution in [1.82, 2.24) is 0 Å². The van der Waals surface area contributed by atoms with Gasteiger partial charge in [0.15, 0.2) is 0 Å². The zero-order valence-corrected chi connectivity index (χ0v) is 7.86. The first-order valence-corrected chi connectivity index (χ1v) is 4.83. The summed E-state index contributed by atoms with van der Waals surface area (Å²) in [6.45, 7) is 0. The summed E-state index contributed by atoms with van der Waals surface area (Å²) in [4.78, 5) is 10.8. The van der Waals surface area contributed by atoms with Crippen LogP contribution < -0.4 is 0 Å². The average Bonchev–Trinajstić information content (AvgIpc) is 2.27. The molecule has 0 bridgehead atoms. The first-order chi connectivity index (χ1) is 6.85. The van der Waals surface area contributed by atoms with E-state index in [2.05, 4.69) is 6.07 Å². The Bertz CT molecular complexity index is 403. The molecule has 0 aromatic heterocycles. The molecular formula is C12H11NO. The van der Waals surface area contributed by atoms with E-state index in [9.17, 15) is 4.79 Å². The first kappa shape index (κ1) is 8.96. The Morgan fingerprint density at radius 1 is 1.50 bits per heavy atom. The Balaban J connectivity index is 2.46. The molecular weight excluding hydrogens is 174 g/mol. The summed E-state index contributed by atoms with van der Waals surface area (Å²) in [6.07, 6.45) is 4.01. The van der Waals surface area contributed by atoms with Crippen molar-refractivity contribution in [3.8, 4) is 6.07 Å². The second kappa shape index (κ2) is 3.63. The molecule has 2 rings (SSSR count). The van der Waals surface area contributed by atoms with Crippen molar-refractivity contribution in [3.63, 3.8) is 0 Å². The molecule has 0 heterocycles. The van der Waals surface area contributed by atoms with Gasteiger partial charge in [0.05, 0.1) is 11.6 Å². The fourth-order valence-electron chi connectivity index (χ4n) is 2.06. The van der Waals surface area contributed by atoms with Crippen molar-refractivity contribution in [1.29, 1.82) is 5.26 Å². The third-order valence-electron chi connectivity index (χ3n) is 2.80. The van der Waals surface area contributed by atoms with Crippen LogP contribution in [0.5, 0.6) is 0 Å². The fourth-order valence-corrected chi connectivity index (χ4v) is 2.06. The number of aryl methyl sites for hydroxylation is 1. The molecule has 2 nitrogen and oxygen atoms in total. The first-order valence-electron chi connectivity index (χ1n) is 4.83. The summed E-state index contributed by atoms with van der Waals surface area (Å²) in [5.74, 6) is 0.0477. The molecule has 0 saturated carbocycles. The molecule has 1 aliphatic rings. The van der Waals surface area contributed by atoms with Gasteiger partial charge in [0.2, 0.25) is 0 Å². The smallest absolute Gasteiger partial charge is 0.127 e. The number of carbonyl (C=O) groups is 1. The van der Waals surface area contributed by atoms with Crippen LogP contribution in [0.4, 0.5) is 0 Å². The number of fused-ring (bicyclic) bond motifs is 1. The quantitative estimate of drug-likeness (QED) is 0.629. The van der Waals surface area contributed by atoms with Crippen LogP contribution in [-0.2, 0) is 11.2 Å². The van der Waals surface area contributed by atoms with E-state index in [1.54, 1.807) is 6.07 Å². The molecule has 1 atom stereocenters. The molecule has 1 aromatic rings. The van der Waals surface area contributed by atoms with Crippen LogP contribution in [0, 0.1) is 11.3 Å². The van der Waals surface area contributed by atoms with Crippen LogP contribution in [0.15, 0.2) is 18.2 Å². The number of carbonyl (C=O) groups excluding carboxylic acids is 1. The predicted octanol–water partition coefficient (Wildman–Crippen LogP) is 2.18. The molecule has 0 amide bonds. The molecule has 70 valence electrons. The van der Waals surface area contributed by atoms with Gasteiger partial charge in [0.25, 0.3) is 0 Å². The number of hydrogen-bond donors (Lipinski definition) is 0. The van der Waals surface area contributed by atoms with E-state index < -0.39 is 0 Å². The Labute approximate surface area is 83.2 Å². The topological polar surface area (TPSA) is 40.9 Å². The number of nitriles is 1. The van der Waals surface area contributed by atoms with Crippen molar-refractivity contribution >= 4 is 6.29 Å². The van der Waals surface area contributed by atoms with Crippen molar-refractivity contribution in [2.45, 2.75) is 25.2 Å². The minimum atomic E-state index is 0.0477. The van der Waals surface area contributed by atoms with E-state index >= 15 is 0 Å². The van der Waals surface area contributed by atoms with E-state index in [0.29, 0.717) is 5.56 Å². The zero-order valence-electron chi connectivity index (χ0n) is 7.86. The van der Waals surface area contributed by atoms with Crippen molar-refractivity contribution in [3.05, 3.63) is 34.9 Å². The summed E-state index contributed by atoms with van der Waals surface area (Å²) in [6, 6.07) is 7.74. The number of hydrogen-bond acceptors (Lipinski definition) is 2. The molecule has 2 heteroatoms. The van der Waals surface area contributed by atoms with Crippen LogP contribution in [0.1, 0.15) is 35.4 Å². The lowest BCUT2D eigenvalue weighted by molar-refractivity contribution is -0.109. The van der Waals surface area contributed by atoms with E-state index in [1.165, 1.54) is 5.56 Å². The lowest BCUT2D eigenvalue weighted by Gasteiger charge is -2.20. The molecule has 0 aliphatic heterocycles. The van der Waals surface area contributed by atoms with Gasteiger partial charge in [0, 0.05) is 5.92 Å². The fraction of sp³-hybridized carbons (Fsp3) is 0.333. The minimum absolute atomic E-state index is 0.0477. The molecule has 0 saturated heterocycles. The molecule has 0 fully saturated rings. The van der Waals surface area contributed by atoms with Crippen LogP contribution in [0.2, 0.25) is 0 Å². The summed E-state index contributed by atoms with van der Waals surface area (Å²) >= 11 is 0. The number of nitrogens with zero attached hydrogens (tertiary/aromatic N) is 1. The molecule has 0 unspecified atom stereocenters. The third kappa shape index (κ3) is 1.42. The van der Waals surface area contributed by atoms with Gasteiger partial charge in [-0.3, -0.25) is 0 Å². The van der Waals surface area contributed by atoms with Crippen LogP contribution in [0.25, 0.3) is 0 Å². The second-order valence-electron chi connectivity index (χ2n) is 3.66. The monoisotopic (exact) mass is 185 g/mol. The van der Waals surface area contributed by atoms with Gasteiger partial charge in [0.1, 0.15) is 6.29 Å². The summed E-state index contributed by atoms with van der Waals surface area (Å²) < 4.78 is 0. The standard InChI is InChI=1S/C12H11NO/c13-7-9-4-5-12-10(6-9)2-1-3-11(12)8-14/h4-6,8,11H,1-3H2/t11-/m0/s1. The van der Waals surface area contributed by atoms with Gasteiger partial charge < -0.3 is 4.79 Å². The van der Waals surface area contributed by atoms with E-state index in [0.717, 1.165) is 31.1 Å². The number of rotatable bonds is 1. The van der Waals surface area contributed by atoms with Crippen molar-refractivity contribution < 1.29 is 4.79 Å². The highest BCUT2D eigenvalue weighted by Crippen LogP contribution is 2.30. The largest absolute Gasteiger partial charge is 0.303 e. The average molecular weight is 185 g/mol. The van der Waals surface area contributed by atoms with E-state index in [4.69, 9.17) is 5.26 Å². The van der Waals surface area contributed by atoms with Gasteiger partial charge >= 0.3 is 0 Å². The van der Waals surface area contributed by atoms with Gasteiger partial charge in [-0.2, -0.15) is 5.26 Å². The maximum Gasteiger partial charge on any atom is 0.127 e. The Kier molecular flexibility index (Phi) is 2.32. The molecule has 14 heavy (non-hydrogen) atoms. The predicted molar refractivity (Wildman–Crippen MR) is 52.9 cm³/mol.